The van der Waals surface area contributed by atoms with Crippen LogP contribution in [0.1, 0.15) is 15.9 Å². The summed E-state index contributed by atoms with van der Waals surface area (Å²) < 4.78 is 0. The zero-order valence-corrected chi connectivity index (χ0v) is 13.5. The number of piperazine rings is 1. The van der Waals surface area contributed by atoms with Crippen molar-refractivity contribution in [2.75, 3.05) is 59.2 Å². The molecule has 22 heavy (non-hydrogen) atoms. The third-order valence-electron chi connectivity index (χ3n) is 4.07. The van der Waals surface area contributed by atoms with Crippen molar-refractivity contribution in [3.05, 3.63) is 29.3 Å². The van der Waals surface area contributed by atoms with E-state index in [-0.39, 0.29) is 12.5 Å². The Kier molecular flexibility index (Phi) is 5.76. The molecule has 2 rings (SSSR count). The molecule has 1 aromatic carbocycles. The summed E-state index contributed by atoms with van der Waals surface area (Å²) in [4.78, 5) is 18.1. The SMILES string of the molecule is CN(C)C(=O)c1ccc(CN2CCN(CCO)CC2)c(N)c1. The molecule has 122 valence electrons. The number of nitrogens with zero attached hydrogens (tertiary/aromatic N) is 3. The first-order valence-electron chi connectivity index (χ1n) is 7.67. The van der Waals surface area contributed by atoms with Gasteiger partial charge in [0, 0.05) is 64.6 Å². The quantitative estimate of drug-likeness (QED) is 0.754. The molecule has 1 saturated heterocycles. The highest BCUT2D eigenvalue weighted by Gasteiger charge is 2.17. The van der Waals surface area contributed by atoms with E-state index < -0.39 is 0 Å². The van der Waals surface area contributed by atoms with E-state index in [1.165, 1.54) is 0 Å². The van der Waals surface area contributed by atoms with Crippen LogP contribution >= 0.6 is 0 Å². The van der Waals surface area contributed by atoms with Crippen LogP contribution in [0.25, 0.3) is 0 Å². The van der Waals surface area contributed by atoms with Gasteiger partial charge in [-0.25, -0.2) is 0 Å². The molecule has 0 aromatic heterocycles. The Labute approximate surface area is 132 Å². The second kappa shape index (κ2) is 7.58. The maximum Gasteiger partial charge on any atom is 0.253 e. The highest BCUT2D eigenvalue weighted by molar-refractivity contribution is 5.94. The molecule has 6 nitrogen and oxygen atoms in total. The second-order valence-corrected chi connectivity index (χ2v) is 5.95. The zero-order valence-electron chi connectivity index (χ0n) is 13.5. The first kappa shape index (κ1) is 16.7. The summed E-state index contributed by atoms with van der Waals surface area (Å²) >= 11 is 0. The Morgan fingerprint density at radius 2 is 1.86 bits per heavy atom. The van der Waals surface area contributed by atoms with Gasteiger partial charge >= 0.3 is 0 Å². The summed E-state index contributed by atoms with van der Waals surface area (Å²) in [6.45, 7) is 5.64. The van der Waals surface area contributed by atoms with Gasteiger partial charge < -0.3 is 15.7 Å². The minimum absolute atomic E-state index is 0.0316. The lowest BCUT2D eigenvalue weighted by Crippen LogP contribution is -2.46. The van der Waals surface area contributed by atoms with Crippen LogP contribution < -0.4 is 5.73 Å². The minimum atomic E-state index is -0.0316. The normalized spacial score (nSPS) is 16.7. The molecule has 1 aliphatic heterocycles. The average Bonchev–Trinajstić information content (AvgIpc) is 2.50. The van der Waals surface area contributed by atoms with Gasteiger partial charge in [0.25, 0.3) is 5.91 Å². The molecule has 1 aliphatic rings. The van der Waals surface area contributed by atoms with Crippen molar-refractivity contribution >= 4 is 11.6 Å². The molecular formula is C16H26N4O2. The van der Waals surface area contributed by atoms with Crippen LogP contribution in [0.5, 0.6) is 0 Å². The van der Waals surface area contributed by atoms with Crippen molar-refractivity contribution in [2.45, 2.75) is 6.54 Å². The van der Waals surface area contributed by atoms with Gasteiger partial charge in [-0.15, -0.1) is 0 Å². The van der Waals surface area contributed by atoms with Crippen molar-refractivity contribution < 1.29 is 9.90 Å². The lowest BCUT2D eigenvalue weighted by atomic mass is 10.1. The van der Waals surface area contributed by atoms with E-state index in [1.807, 2.05) is 12.1 Å². The van der Waals surface area contributed by atoms with E-state index in [9.17, 15) is 4.79 Å². The molecule has 6 heteroatoms. The topological polar surface area (TPSA) is 73.0 Å². The largest absolute Gasteiger partial charge is 0.398 e. The summed E-state index contributed by atoms with van der Waals surface area (Å²) in [6.07, 6.45) is 0. The van der Waals surface area contributed by atoms with Gasteiger partial charge in [-0.2, -0.15) is 0 Å². The second-order valence-electron chi connectivity index (χ2n) is 5.95. The highest BCUT2D eigenvalue weighted by Crippen LogP contribution is 2.18. The number of carbonyl (C=O) groups excluding carboxylic acids is 1. The Hall–Kier alpha value is -1.63. The van der Waals surface area contributed by atoms with Gasteiger partial charge in [-0.1, -0.05) is 6.07 Å². The molecule has 0 atom stereocenters. The third kappa shape index (κ3) is 4.19. The lowest BCUT2D eigenvalue weighted by Gasteiger charge is -2.34. The number of nitrogen functional groups attached to an aromatic ring is 1. The maximum absolute atomic E-state index is 11.9. The number of anilines is 1. The zero-order chi connectivity index (χ0) is 16.1. The van der Waals surface area contributed by atoms with Crippen LogP contribution in [-0.2, 0) is 6.54 Å². The first-order valence-corrected chi connectivity index (χ1v) is 7.67. The summed E-state index contributed by atoms with van der Waals surface area (Å²) in [5.41, 5.74) is 8.47. The van der Waals surface area contributed by atoms with Crippen molar-refractivity contribution in [1.82, 2.24) is 14.7 Å². The molecule has 1 fully saturated rings. The number of nitrogens with two attached hydrogens (primary N) is 1. The molecule has 0 aliphatic carbocycles. The van der Waals surface area contributed by atoms with E-state index in [0.29, 0.717) is 11.3 Å². The lowest BCUT2D eigenvalue weighted by molar-refractivity contribution is 0.0827. The third-order valence-corrected chi connectivity index (χ3v) is 4.07. The van der Waals surface area contributed by atoms with Crippen LogP contribution in [-0.4, -0.2) is 79.1 Å². The van der Waals surface area contributed by atoms with Crippen molar-refractivity contribution in [2.24, 2.45) is 0 Å². The number of rotatable bonds is 5. The minimum Gasteiger partial charge on any atom is -0.398 e. The fourth-order valence-corrected chi connectivity index (χ4v) is 2.68. The molecule has 0 radical (unpaired) electrons. The summed E-state index contributed by atoms with van der Waals surface area (Å²) in [6, 6.07) is 5.56. The van der Waals surface area contributed by atoms with Crippen LogP contribution in [0.4, 0.5) is 5.69 Å². The van der Waals surface area contributed by atoms with Gasteiger partial charge in [0.2, 0.25) is 0 Å². The van der Waals surface area contributed by atoms with E-state index in [1.54, 1.807) is 25.1 Å². The van der Waals surface area contributed by atoms with Gasteiger partial charge in [0.05, 0.1) is 6.61 Å². The summed E-state index contributed by atoms with van der Waals surface area (Å²) in [7, 11) is 3.47. The fourth-order valence-electron chi connectivity index (χ4n) is 2.68. The Bertz CT molecular complexity index is 511. The number of aliphatic hydroxyl groups is 1. The molecule has 0 unspecified atom stereocenters. The Morgan fingerprint density at radius 3 is 2.41 bits per heavy atom. The van der Waals surface area contributed by atoms with Crippen molar-refractivity contribution in [3.63, 3.8) is 0 Å². The maximum atomic E-state index is 11.9. The molecule has 3 N–H and O–H groups in total. The molecule has 0 bridgehead atoms. The Balaban J connectivity index is 1.95. The molecule has 1 amide bonds. The predicted octanol–water partition coefficient (Wildman–Crippen LogP) is 0.0805. The predicted molar refractivity (Wildman–Crippen MR) is 87.7 cm³/mol. The van der Waals surface area contributed by atoms with E-state index >= 15 is 0 Å². The monoisotopic (exact) mass is 306 g/mol. The van der Waals surface area contributed by atoms with Crippen LogP contribution in [0.2, 0.25) is 0 Å². The number of aliphatic hydroxyl groups excluding tert-OH is 1. The molecule has 0 spiro atoms. The van der Waals surface area contributed by atoms with Crippen molar-refractivity contribution in [1.29, 1.82) is 0 Å². The van der Waals surface area contributed by atoms with Crippen LogP contribution in [0.3, 0.4) is 0 Å². The average molecular weight is 306 g/mol. The fraction of sp³-hybridized carbons (Fsp3) is 0.562. The van der Waals surface area contributed by atoms with Crippen LogP contribution in [0.15, 0.2) is 18.2 Å². The van der Waals surface area contributed by atoms with E-state index in [0.717, 1.165) is 44.8 Å². The Morgan fingerprint density at radius 1 is 1.23 bits per heavy atom. The first-order chi connectivity index (χ1) is 10.5. The standard InChI is InChI=1S/C16H26N4O2/c1-18(2)16(22)13-3-4-14(15(17)11-13)12-20-7-5-19(6-8-20)9-10-21/h3-4,11,21H,5-10,12,17H2,1-2H3. The summed E-state index contributed by atoms with van der Waals surface area (Å²) in [5, 5.41) is 8.96. The number of β-amino-alcohol motifs (C(OH)–C–C–N with tert-alkyl or cyclic N) is 1. The number of hydrogen-bond donors (Lipinski definition) is 2. The summed E-state index contributed by atoms with van der Waals surface area (Å²) in [5.74, 6) is -0.0316. The van der Waals surface area contributed by atoms with E-state index in [4.69, 9.17) is 10.8 Å². The molecule has 0 saturated carbocycles. The molecule has 1 heterocycles. The smallest absolute Gasteiger partial charge is 0.253 e. The number of benzene rings is 1. The molecular weight excluding hydrogens is 280 g/mol. The highest BCUT2D eigenvalue weighted by atomic mass is 16.3. The van der Waals surface area contributed by atoms with Gasteiger partial charge in [-0.3, -0.25) is 14.6 Å². The van der Waals surface area contributed by atoms with Gasteiger partial charge in [0.15, 0.2) is 0 Å². The number of carbonyl (C=O) groups is 1. The number of amides is 1. The number of hydrogen-bond acceptors (Lipinski definition) is 5. The van der Waals surface area contributed by atoms with Gasteiger partial charge in [-0.05, 0) is 17.7 Å². The van der Waals surface area contributed by atoms with Crippen LogP contribution in [0, 0.1) is 0 Å². The van der Waals surface area contributed by atoms with Crippen molar-refractivity contribution in [3.8, 4) is 0 Å². The van der Waals surface area contributed by atoms with Gasteiger partial charge in [0.1, 0.15) is 0 Å². The molecule has 1 aromatic rings. The van der Waals surface area contributed by atoms with E-state index in [2.05, 4.69) is 9.80 Å².